The maximum Gasteiger partial charge on any atom is 0.156 e. The maximum absolute atomic E-state index is 5.96. The van der Waals surface area contributed by atoms with Gasteiger partial charge in [-0.25, -0.2) is 4.98 Å². The fourth-order valence-corrected chi connectivity index (χ4v) is 1.47. The predicted octanol–water partition coefficient (Wildman–Crippen LogP) is 1.33. The number of nitrogens with two attached hydrogens (primary N) is 1. The first kappa shape index (κ1) is 9.92. The van der Waals surface area contributed by atoms with Gasteiger partial charge in [0.05, 0.1) is 24.8 Å². The van der Waals surface area contributed by atoms with E-state index in [0.717, 1.165) is 17.9 Å². The number of hydrogen-bond donors (Lipinski definition) is 1. The Kier molecular flexibility index (Phi) is 2.82. The molecule has 80 valence electrons. The van der Waals surface area contributed by atoms with Crippen LogP contribution in [0, 0.1) is 0 Å². The standard InChI is InChI=1S/C10H14N4O/c1-2-9(11)10-5-12-7-14(10)6-8-3-4-13-15-8/h3-5,7,9H,2,6,11H2,1H3/t9-/m1/s1. The minimum absolute atomic E-state index is 0.0235. The van der Waals surface area contributed by atoms with E-state index in [0.29, 0.717) is 6.54 Å². The summed E-state index contributed by atoms with van der Waals surface area (Å²) in [5, 5.41) is 3.66. The molecule has 5 heteroatoms. The Morgan fingerprint density at radius 1 is 1.60 bits per heavy atom. The van der Waals surface area contributed by atoms with Gasteiger partial charge in [-0.05, 0) is 6.42 Å². The van der Waals surface area contributed by atoms with Crippen molar-refractivity contribution in [2.75, 3.05) is 0 Å². The van der Waals surface area contributed by atoms with E-state index in [2.05, 4.69) is 17.1 Å². The summed E-state index contributed by atoms with van der Waals surface area (Å²) in [5.41, 5.74) is 6.98. The molecule has 2 aromatic heterocycles. The normalized spacial score (nSPS) is 12.9. The van der Waals surface area contributed by atoms with Gasteiger partial charge in [0.1, 0.15) is 0 Å². The number of aromatic nitrogens is 3. The lowest BCUT2D eigenvalue weighted by Crippen LogP contribution is -2.14. The van der Waals surface area contributed by atoms with Crippen LogP contribution in [0.15, 0.2) is 29.3 Å². The van der Waals surface area contributed by atoms with E-state index in [1.54, 1.807) is 18.7 Å². The van der Waals surface area contributed by atoms with Crippen molar-refractivity contribution in [1.82, 2.24) is 14.7 Å². The van der Waals surface area contributed by atoms with Gasteiger partial charge >= 0.3 is 0 Å². The number of hydrogen-bond acceptors (Lipinski definition) is 4. The summed E-state index contributed by atoms with van der Waals surface area (Å²) < 4.78 is 7.02. The smallest absolute Gasteiger partial charge is 0.156 e. The molecule has 0 amide bonds. The second-order valence-electron chi connectivity index (χ2n) is 3.44. The monoisotopic (exact) mass is 206 g/mol. The van der Waals surface area contributed by atoms with Crippen LogP contribution in [0.3, 0.4) is 0 Å². The third-order valence-electron chi connectivity index (χ3n) is 2.38. The Hall–Kier alpha value is -1.62. The molecule has 0 radical (unpaired) electrons. The van der Waals surface area contributed by atoms with E-state index >= 15 is 0 Å². The topological polar surface area (TPSA) is 69.9 Å². The minimum atomic E-state index is 0.0235. The summed E-state index contributed by atoms with van der Waals surface area (Å²) in [5.74, 6) is 0.803. The third kappa shape index (κ3) is 2.07. The van der Waals surface area contributed by atoms with Gasteiger partial charge in [0.25, 0.3) is 0 Å². The van der Waals surface area contributed by atoms with Crippen molar-refractivity contribution in [3.63, 3.8) is 0 Å². The van der Waals surface area contributed by atoms with Crippen LogP contribution in [0.4, 0.5) is 0 Å². The molecule has 0 aliphatic heterocycles. The number of nitrogens with zero attached hydrogens (tertiary/aromatic N) is 3. The van der Waals surface area contributed by atoms with Crippen LogP contribution in [0.25, 0.3) is 0 Å². The number of rotatable bonds is 4. The average Bonchev–Trinajstić information content (AvgIpc) is 2.88. The average molecular weight is 206 g/mol. The molecule has 15 heavy (non-hydrogen) atoms. The van der Waals surface area contributed by atoms with Crippen molar-refractivity contribution in [2.45, 2.75) is 25.9 Å². The lowest BCUT2D eigenvalue weighted by atomic mass is 10.2. The minimum Gasteiger partial charge on any atom is -0.359 e. The molecule has 0 bridgehead atoms. The second kappa shape index (κ2) is 4.27. The summed E-state index contributed by atoms with van der Waals surface area (Å²) in [6, 6.07) is 1.86. The lowest BCUT2D eigenvalue weighted by Gasteiger charge is -2.11. The Morgan fingerprint density at radius 2 is 2.47 bits per heavy atom. The van der Waals surface area contributed by atoms with Crippen molar-refractivity contribution < 1.29 is 4.52 Å². The van der Waals surface area contributed by atoms with E-state index in [-0.39, 0.29) is 6.04 Å². The van der Waals surface area contributed by atoms with Gasteiger partial charge in [-0.15, -0.1) is 0 Å². The van der Waals surface area contributed by atoms with Gasteiger partial charge < -0.3 is 14.8 Å². The molecule has 5 nitrogen and oxygen atoms in total. The number of imidazole rings is 1. The zero-order chi connectivity index (χ0) is 10.7. The van der Waals surface area contributed by atoms with Crippen LogP contribution in [0.1, 0.15) is 30.8 Å². The van der Waals surface area contributed by atoms with E-state index in [1.165, 1.54) is 0 Å². The Bertz CT molecular complexity index is 407. The van der Waals surface area contributed by atoms with Gasteiger partial charge in [0.15, 0.2) is 5.76 Å². The highest BCUT2D eigenvalue weighted by Crippen LogP contribution is 2.14. The Balaban J connectivity index is 2.18. The zero-order valence-electron chi connectivity index (χ0n) is 8.63. The van der Waals surface area contributed by atoms with E-state index in [1.807, 2.05) is 10.6 Å². The van der Waals surface area contributed by atoms with Gasteiger partial charge in [0, 0.05) is 18.3 Å². The van der Waals surface area contributed by atoms with Crippen molar-refractivity contribution in [3.8, 4) is 0 Å². The molecule has 0 saturated heterocycles. The molecular formula is C10H14N4O. The molecule has 2 rings (SSSR count). The Labute approximate surface area is 87.9 Å². The summed E-state index contributed by atoms with van der Waals surface area (Å²) in [7, 11) is 0. The first-order valence-electron chi connectivity index (χ1n) is 4.96. The largest absolute Gasteiger partial charge is 0.359 e. The Morgan fingerprint density at radius 3 is 3.13 bits per heavy atom. The van der Waals surface area contributed by atoms with Crippen LogP contribution >= 0.6 is 0 Å². The van der Waals surface area contributed by atoms with Crippen molar-refractivity contribution in [3.05, 3.63) is 36.2 Å². The highest BCUT2D eigenvalue weighted by Gasteiger charge is 2.10. The molecular weight excluding hydrogens is 192 g/mol. The molecule has 0 aliphatic rings. The summed E-state index contributed by atoms with van der Waals surface area (Å²) >= 11 is 0. The molecule has 1 atom stereocenters. The highest BCUT2D eigenvalue weighted by atomic mass is 16.5. The molecule has 2 N–H and O–H groups in total. The molecule has 0 saturated carbocycles. The van der Waals surface area contributed by atoms with Gasteiger partial charge in [0.2, 0.25) is 0 Å². The zero-order valence-corrected chi connectivity index (χ0v) is 8.63. The van der Waals surface area contributed by atoms with Crippen LogP contribution in [0.5, 0.6) is 0 Å². The summed E-state index contributed by atoms with van der Waals surface area (Å²) in [4.78, 5) is 4.09. The highest BCUT2D eigenvalue weighted by molar-refractivity contribution is 5.07. The van der Waals surface area contributed by atoms with Crippen LogP contribution in [-0.4, -0.2) is 14.7 Å². The first-order chi connectivity index (χ1) is 7.31. The quantitative estimate of drug-likeness (QED) is 0.819. The van der Waals surface area contributed by atoms with Gasteiger partial charge in [-0.3, -0.25) is 0 Å². The van der Waals surface area contributed by atoms with Crippen molar-refractivity contribution in [1.29, 1.82) is 0 Å². The second-order valence-corrected chi connectivity index (χ2v) is 3.44. The molecule has 0 fully saturated rings. The van der Waals surface area contributed by atoms with Crippen LogP contribution in [0.2, 0.25) is 0 Å². The van der Waals surface area contributed by atoms with Crippen molar-refractivity contribution in [2.24, 2.45) is 5.73 Å². The molecule has 0 unspecified atom stereocenters. The van der Waals surface area contributed by atoms with E-state index < -0.39 is 0 Å². The molecule has 0 aromatic carbocycles. The maximum atomic E-state index is 5.96. The van der Waals surface area contributed by atoms with Gasteiger partial charge in [-0.2, -0.15) is 0 Å². The van der Waals surface area contributed by atoms with E-state index in [9.17, 15) is 0 Å². The molecule has 2 heterocycles. The molecule has 0 aliphatic carbocycles. The third-order valence-corrected chi connectivity index (χ3v) is 2.38. The summed E-state index contributed by atoms with van der Waals surface area (Å²) in [6.45, 7) is 2.68. The SMILES string of the molecule is CC[C@@H](N)c1cncn1Cc1ccno1. The molecule has 0 spiro atoms. The summed E-state index contributed by atoms with van der Waals surface area (Å²) in [6.07, 6.45) is 6.08. The van der Waals surface area contributed by atoms with Crippen molar-refractivity contribution >= 4 is 0 Å². The van der Waals surface area contributed by atoms with Crippen LogP contribution in [-0.2, 0) is 6.54 Å². The van der Waals surface area contributed by atoms with Gasteiger partial charge in [-0.1, -0.05) is 12.1 Å². The molecule has 2 aromatic rings. The lowest BCUT2D eigenvalue weighted by molar-refractivity contribution is 0.374. The first-order valence-corrected chi connectivity index (χ1v) is 4.96. The fraction of sp³-hybridized carbons (Fsp3) is 0.400. The van der Waals surface area contributed by atoms with Crippen LogP contribution < -0.4 is 5.73 Å². The predicted molar refractivity (Wildman–Crippen MR) is 55.1 cm³/mol. The van der Waals surface area contributed by atoms with E-state index in [4.69, 9.17) is 10.3 Å². The fourth-order valence-electron chi connectivity index (χ4n) is 1.47.